The van der Waals surface area contributed by atoms with E-state index >= 15 is 0 Å². The van der Waals surface area contributed by atoms with Gasteiger partial charge < -0.3 is 0 Å². The fourth-order valence-electron chi connectivity index (χ4n) is 0.433. The maximum atomic E-state index is 5.60. The monoisotopic (exact) mass is 226 g/mol. The Morgan fingerprint density at radius 2 is 1.71 bits per heavy atom. The Hall–Kier alpha value is 1.05. The van der Waals surface area contributed by atoms with E-state index in [1.165, 1.54) is 0 Å². The van der Waals surface area contributed by atoms with E-state index in [-0.39, 0.29) is 0 Å². The van der Waals surface area contributed by atoms with Gasteiger partial charge in [-0.2, -0.15) is 0 Å². The summed E-state index contributed by atoms with van der Waals surface area (Å²) in [5, 5.41) is 0. The SMILES string of the molecule is [CH3][GeH2][O][Ge]([CH3])([CH3])[CH3]. The minimum absolute atomic E-state index is 0.457. The van der Waals surface area contributed by atoms with Crippen LogP contribution in [-0.4, -0.2) is 29.4 Å². The molecule has 44 valence electrons. The topological polar surface area (TPSA) is 9.23 Å². The number of rotatable bonds is 2. The summed E-state index contributed by atoms with van der Waals surface area (Å²) < 4.78 is 5.60. The van der Waals surface area contributed by atoms with Crippen molar-refractivity contribution in [3.05, 3.63) is 0 Å². The van der Waals surface area contributed by atoms with Crippen LogP contribution in [0.5, 0.6) is 0 Å². The Labute approximate surface area is 55.3 Å². The molecule has 0 bridgehead atoms. The van der Waals surface area contributed by atoms with Gasteiger partial charge in [-0.15, -0.1) is 0 Å². The van der Waals surface area contributed by atoms with Gasteiger partial charge in [-0.3, -0.25) is 0 Å². The van der Waals surface area contributed by atoms with Crippen LogP contribution in [-0.2, 0) is 2.79 Å². The molecule has 3 heteroatoms. The fourth-order valence-corrected chi connectivity index (χ4v) is 11.7. The van der Waals surface area contributed by atoms with Gasteiger partial charge >= 0.3 is 55.2 Å². The molecule has 0 saturated carbocycles. The standard InChI is InChI=1S/C4H14Ge2O/c1-5-7-6(2,3)4/h5H2,1-4H3. The second kappa shape index (κ2) is 3.15. The summed E-state index contributed by atoms with van der Waals surface area (Å²) in [5.41, 5.74) is 0. The van der Waals surface area contributed by atoms with Gasteiger partial charge in [0.25, 0.3) is 0 Å². The fraction of sp³-hybridized carbons (Fsp3) is 1.00. The van der Waals surface area contributed by atoms with E-state index in [0.717, 1.165) is 0 Å². The molecule has 0 rings (SSSR count). The van der Waals surface area contributed by atoms with Crippen molar-refractivity contribution in [1.29, 1.82) is 0 Å². The zero-order valence-electron chi connectivity index (χ0n) is 5.62. The first kappa shape index (κ1) is 8.05. The van der Waals surface area contributed by atoms with E-state index in [4.69, 9.17) is 2.79 Å². The number of hydrogen-bond acceptors (Lipinski definition) is 1. The number of hydrogen-bond donors (Lipinski definition) is 0. The molecule has 0 heterocycles. The van der Waals surface area contributed by atoms with E-state index in [0.29, 0.717) is 0 Å². The van der Waals surface area contributed by atoms with Crippen molar-refractivity contribution >= 4 is 29.4 Å². The predicted molar refractivity (Wildman–Crippen MR) is 38.8 cm³/mol. The molecule has 0 aromatic rings. The average molecular weight is 223 g/mol. The van der Waals surface area contributed by atoms with Gasteiger partial charge in [0.05, 0.1) is 0 Å². The van der Waals surface area contributed by atoms with Crippen LogP contribution in [0.3, 0.4) is 0 Å². The van der Waals surface area contributed by atoms with E-state index in [2.05, 4.69) is 23.0 Å². The van der Waals surface area contributed by atoms with Gasteiger partial charge in [0.2, 0.25) is 0 Å². The first-order chi connectivity index (χ1) is 3.06. The first-order valence-electron chi connectivity index (χ1n) is 2.70. The van der Waals surface area contributed by atoms with Gasteiger partial charge in [-0.05, 0) is 0 Å². The minimum atomic E-state index is -1.50. The molecular weight excluding hydrogens is 209 g/mol. The summed E-state index contributed by atoms with van der Waals surface area (Å²) in [6, 6.07) is 0. The summed E-state index contributed by atoms with van der Waals surface area (Å²) in [7, 11) is 0. The van der Waals surface area contributed by atoms with Crippen molar-refractivity contribution in [2.24, 2.45) is 0 Å². The van der Waals surface area contributed by atoms with E-state index < -0.39 is 29.4 Å². The van der Waals surface area contributed by atoms with Gasteiger partial charge in [0.15, 0.2) is 0 Å². The Balaban J connectivity index is 3.15. The molecule has 0 aliphatic heterocycles. The molecule has 0 aromatic heterocycles. The third-order valence-corrected chi connectivity index (χ3v) is 15.6. The van der Waals surface area contributed by atoms with Crippen molar-refractivity contribution < 1.29 is 2.79 Å². The molecule has 0 unspecified atom stereocenters. The van der Waals surface area contributed by atoms with Crippen molar-refractivity contribution in [2.45, 2.75) is 23.0 Å². The van der Waals surface area contributed by atoms with Crippen LogP contribution in [0.25, 0.3) is 0 Å². The van der Waals surface area contributed by atoms with Gasteiger partial charge in [0.1, 0.15) is 0 Å². The van der Waals surface area contributed by atoms with Gasteiger partial charge in [-0.25, -0.2) is 0 Å². The summed E-state index contributed by atoms with van der Waals surface area (Å²) in [6.07, 6.45) is 0. The van der Waals surface area contributed by atoms with Gasteiger partial charge in [0, 0.05) is 0 Å². The molecule has 0 radical (unpaired) electrons. The third-order valence-electron chi connectivity index (χ3n) is 0.577. The van der Waals surface area contributed by atoms with Crippen LogP contribution in [0, 0.1) is 0 Å². The van der Waals surface area contributed by atoms with Crippen LogP contribution in [0.15, 0.2) is 0 Å². The normalized spacial score (nSPS) is 13.7. The molecule has 0 saturated heterocycles. The molecule has 0 fully saturated rings. The van der Waals surface area contributed by atoms with E-state index in [1.807, 2.05) is 0 Å². The summed E-state index contributed by atoms with van der Waals surface area (Å²) in [6.45, 7) is 0. The molecule has 0 spiro atoms. The van der Waals surface area contributed by atoms with E-state index in [1.54, 1.807) is 0 Å². The predicted octanol–water partition coefficient (Wildman–Crippen LogP) is 0.970. The zero-order chi connectivity index (χ0) is 5.91. The molecule has 7 heavy (non-hydrogen) atoms. The molecule has 0 aliphatic rings. The summed E-state index contributed by atoms with van der Waals surface area (Å²) >= 11 is -1.95. The molecule has 0 atom stereocenters. The quantitative estimate of drug-likeness (QED) is 0.634. The summed E-state index contributed by atoms with van der Waals surface area (Å²) in [5.74, 6) is 9.10. The Bertz CT molecular complexity index is 48.1. The van der Waals surface area contributed by atoms with Gasteiger partial charge in [-0.1, -0.05) is 0 Å². The van der Waals surface area contributed by atoms with Crippen molar-refractivity contribution in [2.75, 3.05) is 0 Å². The molecule has 0 amide bonds. The first-order valence-corrected chi connectivity index (χ1v) is 14.0. The Kier molecular flexibility index (Phi) is 3.62. The van der Waals surface area contributed by atoms with Crippen LogP contribution < -0.4 is 0 Å². The molecule has 0 aromatic carbocycles. The molecule has 0 aliphatic carbocycles. The maximum absolute atomic E-state index is 5.60. The zero-order valence-corrected chi connectivity index (χ0v) is 10.7. The Morgan fingerprint density at radius 1 is 1.29 bits per heavy atom. The Morgan fingerprint density at radius 3 is 1.71 bits per heavy atom. The third kappa shape index (κ3) is 7.05. The van der Waals surface area contributed by atoms with Crippen molar-refractivity contribution in [1.82, 2.24) is 0 Å². The van der Waals surface area contributed by atoms with Crippen LogP contribution >= 0.6 is 0 Å². The van der Waals surface area contributed by atoms with Crippen LogP contribution in [0.2, 0.25) is 23.0 Å². The van der Waals surface area contributed by atoms with Crippen LogP contribution in [0.1, 0.15) is 0 Å². The van der Waals surface area contributed by atoms with Crippen molar-refractivity contribution in [3.63, 3.8) is 0 Å². The molecule has 1 nitrogen and oxygen atoms in total. The second-order valence-corrected chi connectivity index (χ2v) is 16.4. The second-order valence-electron chi connectivity index (χ2n) is 2.55. The molecular formula is C4H14Ge2O. The van der Waals surface area contributed by atoms with E-state index in [9.17, 15) is 0 Å². The van der Waals surface area contributed by atoms with Crippen LogP contribution in [0.4, 0.5) is 0 Å². The molecule has 0 N–H and O–H groups in total. The summed E-state index contributed by atoms with van der Waals surface area (Å²) in [4.78, 5) is 0. The average Bonchev–Trinajstić information content (AvgIpc) is 1.30. The van der Waals surface area contributed by atoms with Crippen molar-refractivity contribution in [3.8, 4) is 0 Å².